The van der Waals surface area contributed by atoms with Crippen LogP contribution in [-0.2, 0) is 24.6 Å². The largest absolute Gasteiger partial charge is 0.433 e. The van der Waals surface area contributed by atoms with E-state index in [0.29, 0.717) is 39.8 Å². The molecule has 4 aromatic rings. The van der Waals surface area contributed by atoms with Crippen LogP contribution in [0, 0.1) is 6.92 Å². The molecule has 0 bridgehead atoms. The van der Waals surface area contributed by atoms with Crippen molar-refractivity contribution in [1.29, 1.82) is 0 Å². The van der Waals surface area contributed by atoms with E-state index in [9.17, 15) is 18.0 Å². The predicted molar refractivity (Wildman–Crippen MR) is 124 cm³/mol. The number of ether oxygens (including phenoxy) is 1. The minimum Gasteiger partial charge on any atom is -0.383 e. The first-order valence-electron chi connectivity index (χ1n) is 11.0. The molecule has 0 radical (unpaired) electrons. The highest BCUT2D eigenvalue weighted by atomic mass is 19.4. The number of halogens is 3. The molecule has 1 aliphatic rings. The normalized spacial score (nSPS) is 16.3. The van der Waals surface area contributed by atoms with Gasteiger partial charge in [0, 0.05) is 31.7 Å². The minimum atomic E-state index is -4.56. The summed E-state index contributed by atoms with van der Waals surface area (Å²) in [7, 11) is 3.43. The summed E-state index contributed by atoms with van der Waals surface area (Å²) in [6, 6.07) is 5.44. The van der Waals surface area contributed by atoms with Crippen molar-refractivity contribution < 1.29 is 22.7 Å². The van der Waals surface area contributed by atoms with E-state index in [-0.39, 0.29) is 24.8 Å². The summed E-state index contributed by atoms with van der Waals surface area (Å²) in [5.74, 6) is 0.0891. The number of nitrogen functional groups attached to an aromatic ring is 1. The number of alkyl halides is 3. The van der Waals surface area contributed by atoms with Crippen LogP contribution in [0.2, 0.25) is 0 Å². The van der Waals surface area contributed by atoms with Crippen LogP contribution in [0.25, 0.3) is 21.8 Å². The van der Waals surface area contributed by atoms with Crippen molar-refractivity contribution in [2.24, 2.45) is 7.05 Å². The highest BCUT2D eigenvalue weighted by Crippen LogP contribution is 2.35. The molecule has 3 aromatic heterocycles. The van der Waals surface area contributed by atoms with Crippen LogP contribution in [-0.4, -0.2) is 44.2 Å². The highest BCUT2D eigenvalue weighted by Gasteiger charge is 2.35. The smallest absolute Gasteiger partial charge is 0.383 e. The molecule has 182 valence electrons. The number of aromatic nitrogens is 4. The first kappa shape index (κ1) is 23.0. The predicted octanol–water partition coefficient (Wildman–Crippen LogP) is 4.16. The molecule has 1 aliphatic heterocycles. The van der Waals surface area contributed by atoms with Crippen LogP contribution in [0.4, 0.5) is 19.0 Å². The maximum atomic E-state index is 13.7. The fourth-order valence-corrected chi connectivity index (χ4v) is 4.68. The van der Waals surface area contributed by atoms with Crippen molar-refractivity contribution in [3.05, 3.63) is 58.5 Å². The molecule has 4 heterocycles. The molecule has 35 heavy (non-hydrogen) atoms. The lowest BCUT2D eigenvalue weighted by molar-refractivity contribution is -0.141. The maximum absolute atomic E-state index is 13.7. The molecule has 1 amide bonds. The number of rotatable bonds is 2. The van der Waals surface area contributed by atoms with Gasteiger partial charge in [0.25, 0.3) is 5.91 Å². The zero-order chi connectivity index (χ0) is 25.1. The average Bonchev–Trinajstić information content (AvgIpc) is 3.07. The summed E-state index contributed by atoms with van der Waals surface area (Å²) in [4.78, 5) is 23.5. The van der Waals surface area contributed by atoms with E-state index in [1.54, 1.807) is 42.0 Å². The maximum Gasteiger partial charge on any atom is 0.433 e. The van der Waals surface area contributed by atoms with Crippen molar-refractivity contribution in [3.63, 3.8) is 0 Å². The van der Waals surface area contributed by atoms with Gasteiger partial charge in [-0.05, 0) is 42.7 Å². The third-order valence-corrected chi connectivity index (χ3v) is 6.50. The number of pyridine rings is 2. The van der Waals surface area contributed by atoms with Gasteiger partial charge in [0.15, 0.2) is 0 Å². The molecular weight excluding hydrogens is 461 g/mol. The van der Waals surface area contributed by atoms with Gasteiger partial charge in [-0.3, -0.25) is 9.48 Å². The Kier molecular flexibility index (Phi) is 5.39. The van der Waals surface area contributed by atoms with Crippen molar-refractivity contribution in [1.82, 2.24) is 24.6 Å². The summed E-state index contributed by atoms with van der Waals surface area (Å²) >= 11 is 0. The van der Waals surface area contributed by atoms with Gasteiger partial charge < -0.3 is 15.4 Å². The topological polar surface area (TPSA) is 99.2 Å². The molecule has 11 heteroatoms. The van der Waals surface area contributed by atoms with Gasteiger partial charge in [-0.15, -0.1) is 0 Å². The second kappa shape index (κ2) is 8.19. The standard InChI is InChI=1S/C24H23F3N6O2/c1-12-8-17-15(21-16(22(28)31-17)10-29-33(21)3)9-14(12)23(34)32(2)19-6-7-35-11-18-13(19)4-5-20(30-18)24(25,26)27/h4-5,8-10,19H,6-7,11H2,1-3H3,(H2,28,31). The number of nitrogens with two attached hydrogens (primary N) is 1. The van der Waals surface area contributed by atoms with Gasteiger partial charge in [-0.25, -0.2) is 9.97 Å². The van der Waals surface area contributed by atoms with Crippen LogP contribution in [0.1, 0.15) is 45.3 Å². The van der Waals surface area contributed by atoms with Crippen LogP contribution in [0.15, 0.2) is 30.5 Å². The molecule has 5 rings (SSSR count). The van der Waals surface area contributed by atoms with E-state index >= 15 is 0 Å². The molecule has 0 aliphatic carbocycles. The molecule has 0 spiro atoms. The molecule has 0 fully saturated rings. The van der Waals surface area contributed by atoms with Gasteiger partial charge in [0.1, 0.15) is 11.5 Å². The zero-order valence-corrected chi connectivity index (χ0v) is 19.3. The lowest BCUT2D eigenvalue weighted by Crippen LogP contribution is -2.32. The first-order valence-corrected chi connectivity index (χ1v) is 11.0. The van der Waals surface area contributed by atoms with Crippen molar-refractivity contribution in [3.8, 4) is 0 Å². The summed E-state index contributed by atoms with van der Waals surface area (Å²) in [5, 5.41) is 5.70. The van der Waals surface area contributed by atoms with Crippen molar-refractivity contribution in [2.75, 3.05) is 19.4 Å². The zero-order valence-electron chi connectivity index (χ0n) is 19.3. The Morgan fingerprint density at radius 1 is 1.23 bits per heavy atom. The van der Waals surface area contributed by atoms with Crippen LogP contribution >= 0.6 is 0 Å². The number of benzene rings is 1. The fourth-order valence-electron chi connectivity index (χ4n) is 4.68. The molecule has 0 saturated heterocycles. The monoisotopic (exact) mass is 484 g/mol. The van der Waals surface area contributed by atoms with E-state index in [1.165, 1.54) is 6.07 Å². The van der Waals surface area contributed by atoms with Gasteiger partial charge in [-0.2, -0.15) is 18.3 Å². The second-order valence-electron chi connectivity index (χ2n) is 8.72. The molecule has 1 aromatic carbocycles. The number of hydrogen-bond acceptors (Lipinski definition) is 6. The number of amides is 1. The Labute approximate surface area is 198 Å². The molecule has 1 atom stereocenters. The lowest BCUT2D eigenvalue weighted by atomic mass is 9.98. The van der Waals surface area contributed by atoms with Crippen molar-refractivity contribution in [2.45, 2.75) is 32.2 Å². The van der Waals surface area contributed by atoms with E-state index in [1.807, 2.05) is 6.92 Å². The number of anilines is 1. The quantitative estimate of drug-likeness (QED) is 0.459. The van der Waals surface area contributed by atoms with Crippen LogP contribution in [0.5, 0.6) is 0 Å². The fraction of sp³-hybridized carbons (Fsp3) is 0.333. The Morgan fingerprint density at radius 3 is 2.74 bits per heavy atom. The molecule has 1 unspecified atom stereocenters. The Hall–Kier alpha value is -3.73. The highest BCUT2D eigenvalue weighted by molar-refractivity contribution is 6.10. The van der Waals surface area contributed by atoms with E-state index < -0.39 is 17.9 Å². The molecule has 2 N–H and O–H groups in total. The third kappa shape index (κ3) is 3.85. The Bertz CT molecular complexity index is 1480. The molecular formula is C24H23F3N6O2. The van der Waals surface area contributed by atoms with E-state index in [2.05, 4.69) is 15.1 Å². The minimum absolute atomic E-state index is 0.0433. The number of carbonyl (C=O) groups is 1. The number of aryl methyl sites for hydroxylation is 2. The summed E-state index contributed by atoms with van der Waals surface area (Å²) in [5.41, 5.74) is 8.43. The first-order chi connectivity index (χ1) is 16.6. The van der Waals surface area contributed by atoms with Gasteiger partial charge in [0.2, 0.25) is 0 Å². The number of hydrogen-bond donors (Lipinski definition) is 1. The molecule has 8 nitrogen and oxygen atoms in total. The SMILES string of the molecule is Cc1cc2nc(N)c3cnn(C)c3c2cc1C(=O)N(C)C1CCOCc2nc(C(F)(F)F)ccc21. The van der Waals surface area contributed by atoms with Gasteiger partial charge in [0.05, 0.1) is 41.0 Å². The Morgan fingerprint density at radius 2 is 2.00 bits per heavy atom. The number of carbonyl (C=O) groups excluding carboxylic acids is 1. The number of fused-ring (bicyclic) bond motifs is 4. The molecule has 0 saturated carbocycles. The third-order valence-electron chi connectivity index (χ3n) is 6.50. The number of nitrogens with zero attached hydrogens (tertiary/aromatic N) is 5. The van der Waals surface area contributed by atoms with Crippen LogP contribution in [0.3, 0.4) is 0 Å². The average molecular weight is 484 g/mol. The van der Waals surface area contributed by atoms with Gasteiger partial charge in [-0.1, -0.05) is 6.07 Å². The van der Waals surface area contributed by atoms with E-state index in [0.717, 1.165) is 17.0 Å². The summed E-state index contributed by atoms with van der Waals surface area (Å²) in [6.07, 6.45) is -2.50. The van der Waals surface area contributed by atoms with Crippen molar-refractivity contribution >= 4 is 33.5 Å². The van der Waals surface area contributed by atoms with Gasteiger partial charge >= 0.3 is 6.18 Å². The summed E-state index contributed by atoms with van der Waals surface area (Å²) in [6.45, 7) is 2.06. The lowest BCUT2D eigenvalue weighted by Gasteiger charge is -2.29. The van der Waals surface area contributed by atoms with E-state index in [4.69, 9.17) is 10.5 Å². The Balaban J connectivity index is 1.57. The second-order valence-corrected chi connectivity index (χ2v) is 8.72. The summed E-state index contributed by atoms with van der Waals surface area (Å²) < 4.78 is 46.8. The van der Waals surface area contributed by atoms with Crippen LogP contribution < -0.4 is 5.73 Å².